The number of aryl methyl sites for hydroxylation is 1. The third-order valence-electron chi connectivity index (χ3n) is 3.80. The molecule has 0 unspecified atom stereocenters. The van der Waals surface area contributed by atoms with Gasteiger partial charge in [0.25, 0.3) is 0 Å². The maximum Gasteiger partial charge on any atom is 0.224 e. The van der Waals surface area contributed by atoms with Gasteiger partial charge in [0.05, 0.1) is 23.8 Å². The van der Waals surface area contributed by atoms with Crippen molar-refractivity contribution in [3.05, 3.63) is 64.9 Å². The van der Waals surface area contributed by atoms with Gasteiger partial charge in [-0.1, -0.05) is 29.8 Å². The second-order valence-electron chi connectivity index (χ2n) is 5.58. The molecule has 0 saturated carbocycles. The summed E-state index contributed by atoms with van der Waals surface area (Å²) < 4.78 is 1.96. The molecule has 1 N–H and O–H groups in total. The van der Waals surface area contributed by atoms with E-state index in [2.05, 4.69) is 10.3 Å². The average molecular weight is 328 g/mol. The van der Waals surface area contributed by atoms with Gasteiger partial charge in [-0.15, -0.1) is 0 Å². The lowest BCUT2D eigenvalue weighted by Crippen LogP contribution is -2.27. The predicted octanol–water partition coefficient (Wildman–Crippen LogP) is 3.13. The Bertz CT molecular complexity index is 824. The highest BCUT2D eigenvalue weighted by Gasteiger charge is 2.06. The molecule has 0 aliphatic carbocycles. The molecule has 1 aromatic heterocycles. The number of carbonyl (C=O) groups is 1. The number of amides is 1. The number of aromatic nitrogens is 2. The van der Waals surface area contributed by atoms with Gasteiger partial charge in [0.15, 0.2) is 0 Å². The smallest absolute Gasteiger partial charge is 0.224 e. The molecule has 2 aromatic carbocycles. The standard InChI is InChI=1S/C18H18ClN3O/c1-22-12-21-16-10-14(4-7-17(16)22)11-18(23)20-9-8-13-2-5-15(19)6-3-13/h2-7,10,12H,8-9,11H2,1H3,(H,20,23). The van der Waals surface area contributed by atoms with E-state index in [1.54, 1.807) is 6.33 Å². The van der Waals surface area contributed by atoms with Crippen LogP contribution in [-0.2, 0) is 24.7 Å². The normalized spacial score (nSPS) is 10.9. The van der Waals surface area contributed by atoms with Crippen LogP contribution in [-0.4, -0.2) is 22.0 Å². The Kier molecular flexibility index (Phi) is 4.63. The van der Waals surface area contributed by atoms with Crippen molar-refractivity contribution in [3.63, 3.8) is 0 Å². The molecule has 4 nitrogen and oxygen atoms in total. The third kappa shape index (κ3) is 3.90. The number of hydrogen-bond donors (Lipinski definition) is 1. The molecule has 0 fully saturated rings. The van der Waals surface area contributed by atoms with Crippen molar-refractivity contribution in [1.29, 1.82) is 0 Å². The quantitative estimate of drug-likeness (QED) is 0.782. The zero-order chi connectivity index (χ0) is 16.2. The van der Waals surface area contributed by atoms with E-state index in [9.17, 15) is 4.79 Å². The first-order chi connectivity index (χ1) is 11.1. The van der Waals surface area contributed by atoms with Crippen molar-refractivity contribution in [3.8, 4) is 0 Å². The van der Waals surface area contributed by atoms with Gasteiger partial charge in [-0.3, -0.25) is 4.79 Å². The van der Waals surface area contributed by atoms with Gasteiger partial charge in [0.2, 0.25) is 5.91 Å². The van der Waals surface area contributed by atoms with Crippen LogP contribution in [0.5, 0.6) is 0 Å². The van der Waals surface area contributed by atoms with Gasteiger partial charge >= 0.3 is 0 Å². The van der Waals surface area contributed by atoms with E-state index in [0.29, 0.717) is 13.0 Å². The Hall–Kier alpha value is -2.33. The Labute approximate surface area is 140 Å². The topological polar surface area (TPSA) is 46.9 Å². The summed E-state index contributed by atoms with van der Waals surface area (Å²) in [4.78, 5) is 16.4. The first kappa shape index (κ1) is 15.6. The van der Waals surface area contributed by atoms with Crippen molar-refractivity contribution >= 4 is 28.5 Å². The van der Waals surface area contributed by atoms with Crippen LogP contribution in [0.4, 0.5) is 0 Å². The largest absolute Gasteiger partial charge is 0.355 e. The molecule has 1 heterocycles. The molecule has 0 spiro atoms. The average Bonchev–Trinajstić information content (AvgIpc) is 2.90. The first-order valence-corrected chi connectivity index (χ1v) is 7.91. The number of nitrogens with zero attached hydrogens (tertiary/aromatic N) is 2. The number of fused-ring (bicyclic) bond motifs is 1. The summed E-state index contributed by atoms with van der Waals surface area (Å²) in [5.41, 5.74) is 4.11. The van der Waals surface area contributed by atoms with Gasteiger partial charge in [0, 0.05) is 18.6 Å². The maximum atomic E-state index is 12.0. The monoisotopic (exact) mass is 327 g/mol. The second-order valence-corrected chi connectivity index (χ2v) is 6.02. The molecule has 0 bridgehead atoms. The SMILES string of the molecule is Cn1cnc2cc(CC(=O)NCCc3ccc(Cl)cc3)ccc21. The number of imidazole rings is 1. The van der Waals surface area contributed by atoms with Crippen LogP contribution in [0.15, 0.2) is 48.8 Å². The predicted molar refractivity (Wildman–Crippen MR) is 92.6 cm³/mol. The molecular formula is C18H18ClN3O. The van der Waals surface area contributed by atoms with Crippen molar-refractivity contribution in [2.45, 2.75) is 12.8 Å². The molecule has 0 saturated heterocycles. The van der Waals surface area contributed by atoms with E-state index in [1.807, 2.05) is 54.1 Å². The summed E-state index contributed by atoms with van der Waals surface area (Å²) in [6.07, 6.45) is 2.94. The van der Waals surface area contributed by atoms with Gasteiger partial charge in [0.1, 0.15) is 0 Å². The van der Waals surface area contributed by atoms with Gasteiger partial charge < -0.3 is 9.88 Å². The number of rotatable bonds is 5. The van der Waals surface area contributed by atoms with E-state index in [4.69, 9.17) is 11.6 Å². The fourth-order valence-electron chi connectivity index (χ4n) is 2.54. The molecule has 118 valence electrons. The number of hydrogen-bond acceptors (Lipinski definition) is 2. The minimum atomic E-state index is 0.0224. The molecule has 0 aliphatic heterocycles. The summed E-state index contributed by atoms with van der Waals surface area (Å²) in [5, 5.41) is 3.67. The highest BCUT2D eigenvalue weighted by atomic mass is 35.5. The van der Waals surface area contributed by atoms with Crippen molar-refractivity contribution < 1.29 is 4.79 Å². The molecule has 1 amide bonds. The number of halogens is 1. The Balaban J connectivity index is 1.52. The van der Waals surface area contributed by atoms with E-state index >= 15 is 0 Å². The van der Waals surface area contributed by atoms with Crippen LogP contribution in [0.1, 0.15) is 11.1 Å². The maximum absolute atomic E-state index is 12.0. The van der Waals surface area contributed by atoms with E-state index in [-0.39, 0.29) is 5.91 Å². The molecule has 0 atom stereocenters. The molecule has 3 aromatic rings. The molecule has 3 rings (SSSR count). The lowest BCUT2D eigenvalue weighted by atomic mass is 10.1. The molecule has 0 radical (unpaired) electrons. The zero-order valence-corrected chi connectivity index (χ0v) is 13.7. The summed E-state index contributed by atoms with van der Waals surface area (Å²) in [5.74, 6) is 0.0224. The van der Waals surface area contributed by atoms with Crippen LogP contribution < -0.4 is 5.32 Å². The fraction of sp³-hybridized carbons (Fsp3) is 0.222. The van der Waals surface area contributed by atoms with Crippen LogP contribution in [0.3, 0.4) is 0 Å². The third-order valence-corrected chi connectivity index (χ3v) is 4.06. The first-order valence-electron chi connectivity index (χ1n) is 7.53. The number of benzene rings is 2. The summed E-state index contributed by atoms with van der Waals surface area (Å²) >= 11 is 5.85. The van der Waals surface area contributed by atoms with E-state index in [1.165, 1.54) is 0 Å². The summed E-state index contributed by atoms with van der Waals surface area (Å²) in [7, 11) is 1.96. The Morgan fingerprint density at radius 1 is 1.17 bits per heavy atom. The van der Waals surface area contributed by atoms with Gasteiger partial charge in [-0.2, -0.15) is 0 Å². The highest BCUT2D eigenvalue weighted by Crippen LogP contribution is 2.14. The van der Waals surface area contributed by atoms with E-state index in [0.717, 1.165) is 33.6 Å². The Morgan fingerprint density at radius 3 is 2.70 bits per heavy atom. The summed E-state index contributed by atoms with van der Waals surface area (Å²) in [6.45, 7) is 0.617. The summed E-state index contributed by atoms with van der Waals surface area (Å²) in [6, 6.07) is 13.6. The van der Waals surface area contributed by atoms with Crippen molar-refractivity contribution in [2.24, 2.45) is 7.05 Å². The molecular weight excluding hydrogens is 310 g/mol. The number of nitrogens with one attached hydrogen (secondary N) is 1. The van der Waals surface area contributed by atoms with Gasteiger partial charge in [-0.05, 0) is 41.8 Å². The lowest BCUT2D eigenvalue weighted by Gasteiger charge is -2.06. The minimum absolute atomic E-state index is 0.0224. The minimum Gasteiger partial charge on any atom is -0.355 e. The van der Waals surface area contributed by atoms with Crippen LogP contribution in [0.25, 0.3) is 11.0 Å². The molecule has 23 heavy (non-hydrogen) atoms. The Morgan fingerprint density at radius 2 is 1.91 bits per heavy atom. The van der Waals surface area contributed by atoms with Crippen molar-refractivity contribution in [1.82, 2.24) is 14.9 Å². The van der Waals surface area contributed by atoms with Crippen LogP contribution in [0, 0.1) is 0 Å². The molecule has 5 heteroatoms. The molecule has 0 aliphatic rings. The van der Waals surface area contributed by atoms with Crippen molar-refractivity contribution in [2.75, 3.05) is 6.54 Å². The fourth-order valence-corrected chi connectivity index (χ4v) is 2.66. The van der Waals surface area contributed by atoms with Crippen LogP contribution >= 0.6 is 11.6 Å². The lowest BCUT2D eigenvalue weighted by molar-refractivity contribution is -0.120. The second kappa shape index (κ2) is 6.84. The highest BCUT2D eigenvalue weighted by molar-refractivity contribution is 6.30. The van der Waals surface area contributed by atoms with Gasteiger partial charge in [-0.25, -0.2) is 4.98 Å². The zero-order valence-electron chi connectivity index (χ0n) is 12.9. The number of carbonyl (C=O) groups excluding carboxylic acids is 1. The van der Waals surface area contributed by atoms with E-state index < -0.39 is 0 Å². The van der Waals surface area contributed by atoms with Crippen LogP contribution in [0.2, 0.25) is 5.02 Å².